The second-order valence-corrected chi connectivity index (χ2v) is 14.9. The Morgan fingerprint density at radius 1 is 1.30 bits per heavy atom. The zero-order chi connectivity index (χ0) is 36.1. The highest BCUT2D eigenvalue weighted by Crippen LogP contribution is 2.45. The molecule has 0 spiro atoms. The largest absolute Gasteiger partial charge is 0.461 e. The standard InChI is InChI=1S/C32H37ClF5IN8O3/c1-45(2)29(48)27(41)25(33)21-13-46(7-4-6-42-21)28-17-14-49-22(23-24(32(36,37)38)18(39)9-19(40)26(23)35)10-20(17)43-30(44-28)50-15-31-5-3-8-47(31)12-16(34)11-31/h9,16,22,41-42H,3-8,10-15,40H2,1-2H3/p+1/b25-21+,41-27?/t16?,22?,31-/m0/s1. The van der Waals surface area contributed by atoms with E-state index in [1.165, 1.54) is 41.6 Å². The van der Waals surface area contributed by atoms with E-state index < -0.39 is 52.5 Å². The highest BCUT2D eigenvalue weighted by atomic mass is 127. The topological polar surface area (TPSA) is 138 Å². The normalized spacial score (nSPS) is 25.2. The summed E-state index contributed by atoms with van der Waals surface area (Å²) in [4.78, 5) is 27.2. The average molecular weight is 840 g/mol. The van der Waals surface area contributed by atoms with Gasteiger partial charge in [-0.05, 0) is 48.0 Å². The summed E-state index contributed by atoms with van der Waals surface area (Å²) in [6, 6.07) is 0.891. The number of fused-ring (bicyclic) bond motifs is 2. The number of amides is 1. The number of alkyl halides is 4. The van der Waals surface area contributed by atoms with E-state index in [1.807, 2.05) is 10.2 Å². The van der Waals surface area contributed by atoms with E-state index in [-0.39, 0.29) is 46.5 Å². The van der Waals surface area contributed by atoms with Gasteiger partial charge in [-0.3, -0.25) is 15.1 Å². The predicted molar refractivity (Wildman–Crippen MR) is 183 cm³/mol. The van der Waals surface area contributed by atoms with Crippen LogP contribution in [0.1, 0.15) is 54.2 Å². The molecule has 2 aromatic rings. The predicted octanol–water partition coefficient (Wildman–Crippen LogP) is 3.92. The maximum absolute atomic E-state index is 15.5. The van der Waals surface area contributed by atoms with E-state index in [0.29, 0.717) is 55.2 Å². The van der Waals surface area contributed by atoms with E-state index >= 15 is 4.39 Å². The molecule has 4 aliphatic rings. The van der Waals surface area contributed by atoms with Crippen molar-refractivity contribution in [2.24, 2.45) is 0 Å². The molecule has 1 aromatic heterocycles. The molecule has 50 heavy (non-hydrogen) atoms. The third-order valence-electron chi connectivity index (χ3n) is 9.78. The molecule has 0 radical (unpaired) electrons. The van der Waals surface area contributed by atoms with Gasteiger partial charge in [-0.2, -0.15) is 23.1 Å². The third kappa shape index (κ3) is 7.12. The molecule has 272 valence electrons. The van der Waals surface area contributed by atoms with Gasteiger partial charge in [-0.1, -0.05) is 11.6 Å². The summed E-state index contributed by atoms with van der Waals surface area (Å²) in [6.45, 7) is 2.13. The van der Waals surface area contributed by atoms with Crippen molar-refractivity contribution in [3.63, 3.8) is 0 Å². The van der Waals surface area contributed by atoms with Crippen LogP contribution in [0.15, 0.2) is 16.8 Å². The summed E-state index contributed by atoms with van der Waals surface area (Å²) >= 11 is 8.10. The minimum absolute atomic E-state index is 0.0137. The Kier molecular flexibility index (Phi) is 10.5. The van der Waals surface area contributed by atoms with Crippen molar-refractivity contribution in [3.05, 3.63) is 48.6 Å². The quantitative estimate of drug-likeness (QED) is 0.165. The van der Waals surface area contributed by atoms with Gasteiger partial charge < -0.3 is 30.3 Å². The number of nitrogens with two attached hydrogens (primary N) is 2. The molecule has 0 saturated carbocycles. The van der Waals surface area contributed by atoms with E-state index in [4.69, 9.17) is 37.2 Å². The van der Waals surface area contributed by atoms with Crippen molar-refractivity contribution in [2.75, 3.05) is 64.1 Å². The van der Waals surface area contributed by atoms with Crippen molar-refractivity contribution in [1.29, 1.82) is 5.41 Å². The van der Waals surface area contributed by atoms with Gasteiger partial charge >= 0.3 is 12.2 Å². The molecule has 0 aliphatic carbocycles. The SMILES string of the molecule is CN(C)C(=O)C(=N)/C(Cl)=C1/CN(c2nc(OC[C@@]34CCCN3CC(F)C4)nc3c2COC(c2c(F)c(N)cc(I)c2C(F)(F)F)C3)CCC[NH2+]1. The molecule has 1 aromatic carbocycles. The number of carbonyl (C=O) groups excluding carboxylic acids is 1. The molecule has 3 fully saturated rings. The Labute approximate surface area is 304 Å². The van der Waals surface area contributed by atoms with Crippen LogP contribution in [0.5, 0.6) is 6.01 Å². The lowest BCUT2D eigenvalue weighted by Crippen LogP contribution is -2.83. The zero-order valence-corrected chi connectivity index (χ0v) is 30.4. The number of nitrogen functional groups attached to an aromatic ring is 1. The van der Waals surface area contributed by atoms with Crippen LogP contribution in [0.25, 0.3) is 0 Å². The third-order valence-corrected chi connectivity index (χ3v) is 11.1. The number of halogens is 7. The number of carbonyl (C=O) groups is 1. The molecule has 18 heteroatoms. The lowest BCUT2D eigenvalue weighted by molar-refractivity contribution is -0.605. The molecule has 4 aliphatic heterocycles. The number of hydrogen-bond donors (Lipinski definition) is 3. The Morgan fingerprint density at radius 2 is 2.06 bits per heavy atom. The Morgan fingerprint density at radius 3 is 2.78 bits per heavy atom. The number of rotatable bonds is 7. The number of ether oxygens (including phenoxy) is 2. The van der Waals surface area contributed by atoms with Crippen LogP contribution >= 0.6 is 34.2 Å². The summed E-state index contributed by atoms with van der Waals surface area (Å²) in [5, 5.41) is 10.2. The zero-order valence-electron chi connectivity index (χ0n) is 27.5. The summed E-state index contributed by atoms with van der Waals surface area (Å²) in [6.07, 6.45) is -4.90. The van der Waals surface area contributed by atoms with Gasteiger partial charge in [0.15, 0.2) is 5.82 Å². The number of aromatic nitrogens is 2. The number of nitrogens with zero attached hydrogens (tertiary/aromatic N) is 5. The molecule has 3 saturated heterocycles. The van der Waals surface area contributed by atoms with Gasteiger partial charge in [0.05, 0.1) is 48.3 Å². The summed E-state index contributed by atoms with van der Waals surface area (Å²) in [7, 11) is 3.04. The fraction of sp³-hybridized carbons (Fsp3) is 0.562. The fourth-order valence-corrected chi connectivity index (χ4v) is 8.52. The number of quaternary nitrogens is 1. The molecule has 5 N–H and O–H groups in total. The lowest BCUT2D eigenvalue weighted by atomic mass is 9.93. The van der Waals surface area contributed by atoms with E-state index in [0.717, 1.165) is 25.5 Å². The second-order valence-electron chi connectivity index (χ2n) is 13.4. The van der Waals surface area contributed by atoms with Crippen LogP contribution in [-0.2, 0) is 28.7 Å². The van der Waals surface area contributed by atoms with Gasteiger partial charge in [0.1, 0.15) is 35.0 Å². The van der Waals surface area contributed by atoms with Crippen LogP contribution in [0, 0.1) is 14.8 Å². The molecular formula is C32H38ClF5IN8O3+. The van der Waals surface area contributed by atoms with Gasteiger partial charge in [0.2, 0.25) is 0 Å². The fourth-order valence-electron chi connectivity index (χ4n) is 7.37. The van der Waals surface area contributed by atoms with Gasteiger partial charge in [0, 0.05) is 61.1 Å². The van der Waals surface area contributed by atoms with Gasteiger partial charge in [0.25, 0.3) is 5.91 Å². The van der Waals surface area contributed by atoms with E-state index in [1.54, 1.807) is 0 Å². The van der Waals surface area contributed by atoms with Crippen LogP contribution < -0.4 is 20.7 Å². The van der Waals surface area contributed by atoms with E-state index in [9.17, 15) is 22.4 Å². The van der Waals surface area contributed by atoms with Crippen molar-refractivity contribution in [3.8, 4) is 6.01 Å². The highest BCUT2D eigenvalue weighted by Gasteiger charge is 2.49. The number of nitrogens with one attached hydrogen (secondary N) is 1. The molecule has 0 bridgehead atoms. The molecule has 1 amide bonds. The summed E-state index contributed by atoms with van der Waals surface area (Å²) < 4.78 is 84.9. The molecule has 2 unspecified atom stereocenters. The van der Waals surface area contributed by atoms with Crippen molar-refractivity contribution in [1.82, 2.24) is 19.8 Å². The van der Waals surface area contributed by atoms with Crippen molar-refractivity contribution in [2.45, 2.75) is 62.7 Å². The maximum Gasteiger partial charge on any atom is 0.417 e. The number of benzene rings is 1. The molecule has 5 heterocycles. The minimum Gasteiger partial charge on any atom is -0.461 e. The Balaban J connectivity index is 1.40. The van der Waals surface area contributed by atoms with Crippen molar-refractivity contribution < 1.29 is 41.5 Å². The Hall–Kier alpha value is -2.87. The first-order valence-electron chi connectivity index (χ1n) is 16.2. The number of anilines is 2. The average Bonchev–Trinajstić information content (AvgIpc) is 3.46. The molecular weight excluding hydrogens is 802 g/mol. The Bertz CT molecular complexity index is 1730. The molecule has 6 rings (SSSR count). The first kappa shape index (κ1) is 36.9. The van der Waals surface area contributed by atoms with Crippen LogP contribution in [0.3, 0.4) is 0 Å². The molecule has 11 nitrogen and oxygen atoms in total. The van der Waals surface area contributed by atoms with Gasteiger partial charge in [-0.15, -0.1) is 0 Å². The van der Waals surface area contributed by atoms with E-state index in [2.05, 4.69) is 9.88 Å². The van der Waals surface area contributed by atoms with Crippen molar-refractivity contribution >= 4 is 57.3 Å². The first-order valence-corrected chi connectivity index (χ1v) is 17.7. The van der Waals surface area contributed by atoms with Crippen LogP contribution in [0.4, 0.5) is 33.5 Å². The molecule has 3 atom stereocenters. The van der Waals surface area contributed by atoms with Crippen LogP contribution in [-0.4, -0.2) is 96.5 Å². The summed E-state index contributed by atoms with van der Waals surface area (Å²) in [5.74, 6) is -1.40. The van der Waals surface area contributed by atoms with Crippen LogP contribution in [0.2, 0.25) is 0 Å². The highest BCUT2D eigenvalue weighted by molar-refractivity contribution is 14.1. The second kappa shape index (κ2) is 14.3. The number of hydrogen-bond acceptors (Lipinski definition) is 9. The minimum atomic E-state index is -4.89. The maximum atomic E-state index is 15.5. The lowest BCUT2D eigenvalue weighted by Gasteiger charge is -2.33. The first-order chi connectivity index (χ1) is 23.6. The van der Waals surface area contributed by atoms with Gasteiger partial charge in [-0.25, -0.2) is 8.78 Å². The monoisotopic (exact) mass is 839 g/mol. The smallest absolute Gasteiger partial charge is 0.417 e. The summed E-state index contributed by atoms with van der Waals surface area (Å²) in [5.41, 5.74) is 3.94.